The SMILES string of the molecule is Cc1cccnc1NC(=O)CCSc1nc(CC(C)C)ccc1C#N. The van der Waals surface area contributed by atoms with E-state index in [-0.39, 0.29) is 5.91 Å². The molecule has 0 spiro atoms. The number of nitriles is 1. The Morgan fingerprint density at radius 2 is 2.16 bits per heavy atom. The van der Waals surface area contributed by atoms with E-state index in [0.29, 0.717) is 34.5 Å². The Hall–Kier alpha value is -2.39. The number of aromatic nitrogens is 2. The van der Waals surface area contributed by atoms with Crippen LogP contribution in [0, 0.1) is 24.2 Å². The fourth-order valence-corrected chi connectivity index (χ4v) is 3.19. The molecule has 0 fully saturated rings. The van der Waals surface area contributed by atoms with Crippen molar-refractivity contribution in [2.24, 2.45) is 5.92 Å². The predicted molar refractivity (Wildman–Crippen MR) is 100 cm³/mol. The highest BCUT2D eigenvalue weighted by molar-refractivity contribution is 7.99. The molecule has 2 aromatic rings. The van der Waals surface area contributed by atoms with Crippen LogP contribution in [-0.2, 0) is 11.2 Å². The van der Waals surface area contributed by atoms with Gasteiger partial charge in [0.05, 0.1) is 5.56 Å². The van der Waals surface area contributed by atoms with Crippen molar-refractivity contribution in [3.8, 4) is 6.07 Å². The monoisotopic (exact) mass is 354 g/mol. The molecule has 0 atom stereocenters. The number of nitrogens with one attached hydrogen (secondary N) is 1. The number of anilines is 1. The van der Waals surface area contributed by atoms with Gasteiger partial charge in [0.2, 0.25) is 5.91 Å². The molecule has 5 nitrogen and oxygen atoms in total. The zero-order chi connectivity index (χ0) is 18.2. The summed E-state index contributed by atoms with van der Waals surface area (Å²) < 4.78 is 0. The van der Waals surface area contributed by atoms with Crippen molar-refractivity contribution in [2.45, 2.75) is 38.6 Å². The summed E-state index contributed by atoms with van der Waals surface area (Å²) in [5.41, 5.74) is 2.46. The first-order valence-electron chi connectivity index (χ1n) is 8.24. The van der Waals surface area contributed by atoms with E-state index in [0.717, 1.165) is 17.7 Å². The van der Waals surface area contributed by atoms with E-state index in [4.69, 9.17) is 0 Å². The number of amides is 1. The van der Waals surface area contributed by atoms with Gasteiger partial charge in [0.15, 0.2) is 0 Å². The number of aryl methyl sites for hydroxylation is 1. The molecule has 2 rings (SSSR count). The summed E-state index contributed by atoms with van der Waals surface area (Å²) >= 11 is 1.44. The van der Waals surface area contributed by atoms with Crippen LogP contribution in [0.4, 0.5) is 5.82 Å². The van der Waals surface area contributed by atoms with Crippen molar-refractivity contribution in [3.63, 3.8) is 0 Å². The minimum absolute atomic E-state index is 0.0915. The standard InChI is InChI=1S/C19H22N4OS/c1-13(2)11-16-7-6-15(12-20)19(22-16)25-10-8-17(24)23-18-14(3)5-4-9-21-18/h4-7,9,13H,8,10-11H2,1-3H3,(H,21,23,24). The summed E-state index contributed by atoms with van der Waals surface area (Å²) in [6.45, 7) is 6.17. The summed E-state index contributed by atoms with van der Waals surface area (Å²) in [6, 6.07) is 9.62. The van der Waals surface area contributed by atoms with E-state index >= 15 is 0 Å². The van der Waals surface area contributed by atoms with Gasteiger partial charge in [0.25, 0.3) is 0 Å². The van der Waals surface area contributed by atoms with Gasteiger partial charge in [0, 0.05) is 24.1 Å². The highest BCUT2D eigenvalue weighted by atomic mass is 32.2. The molecule has 0 aliphatic carbocycles. The second-order valence-electron chi connectivity index (χ2n) is 6.18. The molecule has 25 heavy (non-hydrogen) atoms. The summed E-state index contributed by atoms with van der Waals surface area (Å²) in [7, 11) is 0. The molecule has 0 aromatic carbocycles. The molecule has 1 amide bonds. The van der Waals surface area contributed by atoms with Crippen LogP contribution in [0.2, 0.25) is 0 Å². The van der Waals surface area contributed by atoms with E-state index < -0.39 is 0 Å². The first kappa shape index (κ1) is 18.9. The molecule has 130 valence electrons. The predicted octanol–water partition coefficient (Wildman–Crippen LogP) is 3.98. The second kappa shape index (κ2) is 9.19. The quantitative estimate of drug-likeness (QED) is 0.761. The highest BCUT2D eigenvalue weighted by Gasteiger charge is 2.10. The third-order valence-electron chi connectivity index (χ3n) is 3.49. The van der Waals surface area contributed by atoms with E-state index in [9.17, 15) is 10.1 Å². The molecule has 6 heteroatoms. The van der Waals surface area contributed by atoms with Gasteiger partial charge < -0.3 is 5.32 Å². The highest BCUT2D eigenvalue weighted by Crippen LogP contribution is 2.22. The number of carbonyl (C=O) groups excluding carboxylic acids is 1. The van der Waals surface area contributed by atoms with Gasteiger partial charge in [-0.2, -0.15) is 5.26 Å². The Balaban J connectivity index is 1.93. The van der Waals surface area contributed by atoms with Crippen molar-refractivity contribution in [1.82, 2.24) is 9.97 Å². The van der Waals surface area contributed by atoms with Gasteiger partial charge in [-0.3, -0.25) is 4.79 Å². The Morgan fingerprint density at radius 3 is 2.84 bits per heavy atom. The maximum atomic E-state index is 12.1. The Kier molecular flexibility index (Phi) is 6.96. The lowest BCUT2D eigenvalue weighted by Crippen LogP contribution is -2.14. The Labute approximate surface area is 152 Å². The van der Waals surface area contributed by atoms with Crippen LogP contribution in [0.5, 0.6) is 0 Å². The Bertz CT molecular complexity index is 783. The number of thioether (sulfide) groups is 1. The third kappa shape index (κ3) is 5.87. The molecule has 0 saturated carbocycles. The smallest absolute Gasteiger partial charge is 0.226 e. The number of rotatable bonds is 7. The van der Waals surface area contributed by atoms with Crippen LogP contribution < -0.4 is 5.32 Å². The zero-order valence-corrected chi connectivity index (χ0v) is 15.6. The largest absolute Gasteiger partial charge is 0.310 e. The van der Waals surface area contributed by atoms with E-state index in [2.05, 4.69) is 35.2 Å². The maximum Gasteiger partial charge on any atom is 0.226 e. The van der Waals surface area contributed by atoms with E-state index in [1.165, 1.54) is 11.8 Å². The average Bonchev–Trinajstić information content (AvgIpc) is 2.57. The number of hydrogen-bond donors (Lipinski definition) is 1. The van der Waals surface area contributed by atoms with Crippen LogP contribution in [0.25, 0.3) is 0 Å². The maximum absolute atomic E-state index is 12.1. The van der Waals surface area contributed by atoms with Crippen LogP contribution in [0.15, 0.2) is 35.5 Å². The zero-order valence-electron chi connectivity index (χ0n) is 14.7. The number of carbonyl (C=O) groups is 1. The molecule has 0 bridgehead atoms. The molecule has 1 N–H and O–H groups in total. The fourth-order valence-electron chi connectivity index (χ4n) is 2.26. The molecule has 2 aromatic heterocycles. The van der Waals surface area contributed by atoms with Gasteiger partial charge in [-0.15, -0.1) is 11.8 Å². The number of nitrogens with zero attached hydrogens (tertiary/aromatic N) is 3. The topological polar surface area (TPSA) is 78.7 Å². The van der Waals surface area contributed by atoms with Gasteiger partial charge in [-0.1, -0.05) is 19.9 Å². The van der Waals surface area contributed by atoms with Gasteiger partial charge in [0.1, 0.15) is 16.9 Å². The van der Waals surface area contributed by atoms with Crippen molar-refractivity contribution in [2.75, 3.05) is 11.1 Å². The number of pyridine rings is 2. The van der Waals surface area contributed by atoms with Crippen LogP contribution in [0.1, 0.15) is 37.1 Å². The van der Waals surface area contributed by atoms with Gasteiger partial charge in [-0.25, -0.2) is 9.97 Å². The van der Waals surface area contributed by atoms with Crippen molar-refractivity contribution in [1.29, 1.82) is 5.26 Å². The molecule has 0 aliphatic rings. The molecular weight excluding hydrogens is 332 g/mol. The Morgan fingerprint density at radius 1 is 1.36 bits per heavy atom. The van der Waals surface area contributed by atoms with Crippen molar-refractivity contribution in [3.05, 3.63) is 47.3 Å². The molecule has 0 aliphatic heterocycles. The van der Waals surface area contributed by atoms with E-state index in [1.807, 2.05) is 31.2 Å². The molecule has 2 heterocycles. The minimum Gasteiger partial charge on any atom is -0.310 e. The summed E-state index contributed by atoms with van der Waals surface area (Å²) in [4.78, 5) is 20.8. The lowest BCUT2D eigenvalue weighted by Gasteiger charge is -2.09. The second-order valence-corrected chi connectivity index (χ2v) is 7.26. The van der Waals surface area contributed by atoms with E-state index in [1.54, 1.807) is 6.20 Å². The molecule has 0 unspecified atom stereocenters. The lowest BCUT2D eigenvalue weighted by atomic mass is 10.1. The number of hydrogen-bond acceptors (Lipinski definition) is 5. The normalized spacial score (nSPS) is 10.5. The minimum atomic E-state index is -0.0915. The van der Waals surface area contributed by atoms with Crippen LogP contribution in [0.3, 0.4) is 0 Å². The first-order valence-corrected chi connectivity index (χ1v) is 9.22. The molecule has 0 radical (unpaired) electrons. The molecule has 0 saturated heterocycles. The van der Waals surface area contributed by atoms with Crippen molar-refractivity contribution < 1.29 is 4.79 Å². The third-order valence-corrected chi connectivity index (χ3v) is 4.48. The van der Waals surface area contributed by atoms with Crippen LogP contribution in [-0.4, -0.2) is 21.6 Å². The van der Waals surface area contributed by atoms with Gasteiger partial charge >= 0.3 is 0 Å². The fraction of sp³-hybridized carbons (Fsp3) is 0.368. The van der Waals surface area contributed by atoms with Crippen molar-refractivity contribution >= 4 is 23.5 Å². The summed E-state index contributed by atoms with van der Waals surface area (Å²) in [6.07, 6.45) is 2.86. The summed E-state index contributed by atoms with van der Waals surface area (Å²) in [5, 5.41) is 12.7. The van der Waals surface area contributed by atoms with Gasteiger partial charge in [-0.05, 0) is 43.0 Å². The average molecular weight is 354 g/mol. The molecular formula is C19H22N4OS. The van der Waals surface area contributed by atoms with Crippen LogP contribution >= 0.6 is 11.8 Å². The summed E-state index contributed by atoms with van der Waals surface area (Å²) in [5.74, 6) is 1.56. The first-order chi connectivity index (χ1) is 12.0. The lowest BCUT2D eigenvalue weighted by molar-refractivity contribution is -0.115.